The molecule has 19 heavy (non-hydrogen) atoms. The summed E-state index contributed by atoms with van der Waals surface area (Å²) in [6.45, 7) is 4.25. The van der Waals surface area contributed by atoms with E-state index < -0.39 is 10.0 Å². The number of nitrogens with one attached hydrogen (secondary N) is 1. The van der Waals surface area contributed by atoms with E-state index in [1.165, 1.54) is 17.2 Å². The van der Waals surface area contributed by atoms with Gasteiger partial charge in [-0.3, -0.25) is 4.72 Å². The molecule has 0 radical (unpaired) electrons. The molecule has 8 nitrogen and oxygen atoms in total. The number of anilines is 2. The monoisotopic (exact) mass is 284 g/mol. The summed E-state index contributed by atoms with van der Waals surface area (Å²) in [6, 6.07) is 0. The number of hydrogen-bond donors (Lipinski definition) is 2. The van der Waals surface area contributed by atoms with Crippen molar-refractivity contribution in [3.05, 3.63) is 18.2 Å². The van der Waals surface area contributed by atoms with Crippen molar-refractivity contribution in [1.82, 2.24) is 19.3 Å². The third-order valence-corrected chi connectivity index (χ3v) is 3.97. The molecule has 104 valence electrons. The van der Waals surface area contributed by atoms with Gasteiger partial charge >= 0.3 is 0 Å². The Morgan fingerprint density at radius 3 is 2.63 bits per heavy atom. The molecule has 0 saturated heterocycles. The van der Waals surface area contributed by atoms with Gasteiger partial charge in [0, 0.05) is 19.8 Å². The fraction of sp³-hybridized carbons (Fsp3) is 0.400. The standard InChI is InChI=1S/C10H16N6O2S/c1-4-16-5-8(12-6-16)19(17,18)14-10-9(11)7(2)13-15(10)3/h5-6,14H,4,11H2,1-3H3. The van der Waals surface area contributed by atoms with Gasteiger partial charge in [-0.05, 0) is 13.8 Å². The van der Waals surface area contributed by atoms with E-state index in [9.17, 15) is 8.42 Å². The average molecular weight is 284 g/mol. The van der Waals surface area contributed by atoms with Crippen LogP contribution in [-0.4, -0.2) is 27.7 Å². The van der Waals surface area contributed by atoms with E-state index in [1.807, 2.05) is 6.92 Å². The third kappa shape index (κ3) is 2.41. The van der Waals surface area contributed by atoms with Gasteiger partial charge in [0.05, 0.1) is 17.7 Å². The number of sulfonamides is 1. The Bertz CT molecular complexity index is 700. The minimum absolute atomic E-state index is 0.0485. The Morgan fingerprint density at radius 2 is 2.16 bits per heavy atom. The van der Waals surface area contributed by atoms with E-state index in [4.69, 9.17) is 5.73 Å². The SMILES string of the molecule is CCn1cnc(S(=O)(=O)Nc2c(N)c(C)nn2C)c1. The zero-order valence-electron chi connectivity index (χ0n) is 11.0. The second kappa shape index (κ2) is 4.57. The van der Waals surface area contributed by atoms with Crippen LogP contribution in [0.2, 0.25) is 0 Å². The topological polar surface area (TPSA) is 108 Å². The Balaban J connectivity index is 2.36. The zero-order chi connectivity index (χ0) is 14.2. The number of hydrogen-bond acceptors (Lipinski definition) is 5. The van der Waals surface area contributed by atoms with Gasteiger partial charge in [0.15, 0.2) is 10.8 Å². The van der Waals surface area contributed by atoms with E-state index in [2.05, 4.69) is 14.8 Å². The van der Waals surface area contributed by atoms with Gasteiger partial charge in [0.1, 0.15) is 0 Å². The number of nitrogen functional groups attached to an aromatic ring is 1. The molecule has 2 heterocycles. The molecule has 0 atom stereocenters. The van der Waals surface area contributed by atoms with Crippen LogP contribution < -0.4 is 10.5 Å². The lowest BCUT2D eigenvalue weighted by molar-refractivity contribution is 0.597. The Morgan fingerprint density at radius 1 is 1.47 bits per heavy atom. The van der Waals surface area contributed by atoms with Crippen molar-refractivity contribution >= 4 is 21.5 Å². The molecule has 0 aliphatic rings. The molecule has 0 aromatic carbocycles. The number of rotatable bonds is 4. The van der Waals surface area contributed by atoms with Crippen LogP contribution in [0.5, 0.6) is 0 Å². The normalized spacial score (nSPS) is 11.7. The first-order valence-corrected chi connectivity index (χ1v) is 7.17. The first-order valence-electron chi connectivity index (χ1n) is 5.68. The van der Waals surface area contributed by atoms with Crippen molar-refractivity contribution in [3.63, 3.8) is 0 Å². The average Bonchev–Trinajstić information content (AvgIpc) is 2.91. The van der Waals surface area contributed by atoms with Gasteiger partial charge in [-0.15, -0.1) is 0 Å². The van der Waals surface area contributed by atoms with E-state index >= 15 is 0 Å². The maximum Gasteiger partial charge on any atom is 0.282 e. The minimum atomic E-state index is -3.76. The van der Waals surface area contributed by atoms with E-state index in [-0.39, 0.29) is 10.8 Å². The number of aryl methyl sites for hydroxylation is 3. The molecule has 0 amide bonds. The highest BCUT2D eigenvalue weighted by Crippen LogP contribution is 2.23. The number of aromatic nitrogens is 4. The van der Waals surface area contributed by atoms with Crippen molar-refractivity contribution in [3.8, 4) is 0 Å². The van der Waals surface area contributed by atoms with Crippen molar-refractivity contribution < 1.29 is 8.42 Å². The van der Waals surface area contributed by atoms with Crippen molar-refractivity contribution in [2.45, 2.75) is 25.4 Å². The van der Waals surface area contributed by atoms with Gasteiger partial charge in [-0.25, -0.2) is 9.67 Å². The second-order valence-corrected chi connectivity index (χ2v) is 5.75. The van der Waals surface area contributed by atoms with Gasteiger partial charge in [0.2, 0.25) is 0 Å². The predicted molar refractivity (Wildman–Crippen MR) is 71.1 cm³/mol. The molecule has 3 N–H and O–H groups in total. The van der Waals surface area contributed by atoms with Gasteiger partial charge in [-0.1, -0.05) is 0 Å². The lowest BCUT2D eigenvalue weighted by atomic mass is 10.4. The van der Waals surface area contributed by atoms with Crippen molar-refractivity contribution in [2.75, 3.05) is 10.5 Å². The highest BCUT2D eigenvalue weighted by atomic mass is 32.2. The zero-order valence-corrected chi connectivity index (χ0v) is 11.8. The van der Waals surface area contributed by atoms with Crippen LogP contribution in [0.15, 0.2) is 17.6 Å². The number of nitrogens with two attached hydrogens (primary N) is 1. The Labute approximate surface area is 111 Å². The van der Waals surface area contributed by atoms with Crippen LogP contribution in [0, 0.1) is 6.92 Å². The molecule has 0 fully saturated rings. The number of imidazole rings is 1. The molecule has 0 aliphatic carbocycles. The lowest BCUT2D eigenvalue weighted by Crippen LogP contribution is -2.16. The molecule has 0 saturated carbocycles. The highest BCUT2D eigenvalue weighted by Gasteiger charge is 2.21. The summed E-state index contributed by atoms with van der Waals surface area (Å²) < 4.78 is 29.8. The van der Waals surface area contributed by atoms with Gasteiger partial charge < -0.3 is 10.3 Å². The summed E-state index contributed by atoms with van der Waals surface area (Å²) in [5.74, 6) is 0.239. The van der Waals surface area contributed by atoms with Crippen molar-refractivity contribution in [2.24, 2.45) is 7.05 Å². The smallest absolute Gasteiger partial charge is 0.282 e. The summed E-state index contributed by atoms with van der Waals surface area (Å²) >= 11 is 0. The molecular weight excluding hydrogens is 268 g/mol. The second-order valence-electron chi connectivity index (χ2n) is 4.12. The van der Waals surface area contributed by atoms with Crippen molar-refractivity contribution in [1.29, 1.82) is 0 Å². The fourth-order valence-corrected chi connectivity index (χ4v) is 2.69. The summed E-state index contributed by atoms with van der Waals surface area (Å²) in [5.41, 5.74) is 6.66. The maximum atomic E-state index is 12.2. The first-order chi connectivity index (χ1) is 8.85. The van der Waals surface area contributed by atoms with E-state index in [0.29, 0.717) is 17.9 Å². The number of nitrogens with zero attached hydrogens (tertiary/aromatic N) is 4. The molecule has 0 unspecified atom stereocenters. The van der Waals surface area contributed by atoms with E-state index in [0.717, 1.165) is 0 Å². The molecule has 2 rings (SSSR count). The molecular formula is C10H16N6O2S. The fourth-order valence-electron chi connectivity index (χ4n) is 1.63. The van der Waals surface area contributed by atoms with Crippen LogP contribution in [0.4, 0.5) is 11.5 Å². The van der Waals surface area contributed by atoms with Crippen LogP contribution in [0.3, 0.4) is 0 Å². The largest absolute Gasteiger partial charge is 0.394 e. The minimum Gasteiger partial charge on any atom is -0.394 e. The molecule has 0 aliphatic heterocycles. The predicted octanol–water partition coefficient (Wildman–Crippen LogP) is 0.328. The summed E-state index contributed by atoms with van der Waals surface area (Å²) in [5, 5.41) is 4.00. The van der Waals surface area contributed by atoms with Crippen LogP contribution in [0.25, 0.3) is 0 Å². The summed E-state index contributed by atoms with van der Waals surface area (Å²) in [7, 11) is -2.14. The van der Waals surface area contributed by atoms with Crippen LogP contribution in [0.1, 0.15) is 12.6 Å². The first kappa shape index (κ1) is 13.4. The molecule has 0 bridgehead atoms. The molecule has 2 aromatic rings. The summed E-state index contributed by atoms with van der Waals surface area (Å²) in [4.78, 5) is 3.86. The molecule has 9 heteroatoms. The van der Waals surface area contributed by atoms with Crippen LogP contribution >= 0.6 is 0 Å². The highest BCUT2D eigenvalue weighted by molar-refractivity contribution is 7.92. The quantitative estimate of drug-likeness (QED) is 0.841. The Kier molecular flexibility index (Phi) is 3.23. The van der Waals surface area contributed by atoms with Gasteiger partial charge in [-0.2, -0.15) is 13.5 Å². The molecule has 2 aromatic heterocycles. The summed E-state index contributed by atoms with van der Waals surface area (Å²) in [6.07, 6.45) is 2.92. The Hall–Kier alpha value is -2.03. The third-order valence-electron chi connectivity index (χ3n) is 2.75. The van der Waals surface area contributed by atoms with Crippen LogP contribution in [-0.2, 0) is 23.6 Å². The lowest BCUT2D eigenvalue weighted by Gasteiger charge is -2.06. The van der Waals surface area contributed by atoms with Gasteiger partial charge in [0.25, 0.3) is 10.0 Å². The van der Waals surface area contributed by atoms with E-state index in [1.54, 1.807) is 18.5 Å². The molecule has 0 spiro atoms. The maximum absolute atomic E-state index is 12.2.